The molecule has 0 aliphatic carbocycles. The fourth-order valence-corrected chi connectivity index (χ4v) is 0.951. The molecule has 2 unspecified atom stereocenters. The largest absolute Gasteiger partial charge is 0.480 e. The SMILES string of the molecule is CC(=O)C(=O)NC(C)CCC(N)C(=O)O. The molecule has 2 atom stereocenters. The lowest BCUT2D eigenvalue weighted by atomic mass is 10.1. The van der Waals surface area contributed by atoms with Crippen molar-refractivity contribution in [2.75, 3.05) is 0 Å². The summed E-state index contributed by atoms with van der Waals surface area (Å²) in [6.45, 7) is 2.86. The first kappa shape index (κ1) is 13.6. The van der Waals surface area contributed by atoms with Gasteiger partial charge in [0.15, 0.2) is 0 Å². The van der Waals surface area contributed by atoms with Crippen LogP contribution < -0.4 is 11.1 Å². The average Bonchev–Trinajstić information content (AvgIpc) is 2.13. The van der Waals surface area contributed by atoms with Gasteiger partial charge in [-0.2, -0.15) is 0 Å². The third kappa shape index (κ3) is 5.79. The van der Waals surface area contributed by atoms with Crippen molar-refractivity contribution in [1.29, 1.82) is 0 Å². The summed E-state index contributed by atoms with van der Waals surface area (Å²) >= 11 is 0. The monoisotopic (exact) mass is 216 g/mol. The number of hydrogen-bond acceptors (Lipinski definition) is 4. The molecule has 1 amide bonds. The fraction of sp³-hybridized carbons (Fsp3) is 0.667. The fourth-order valence-electron chi connectivity index (χ4n) is 0.951. The van der Waals surface area contributed by atoms with Crippen LogP contribution in [0.5, 0.6) is 0 Å². The van der Waals surface area contributed by atoms with Gasteiger partial charge in [0.25, 0.3) is 5.91 Å². The normalized spacial score (nSPS) is 14.1. The summed E-state index contributed by atoms with van der Waals surface area (Å²) in [5.74, 6) is -2.30. The first-order valence-corrected chi connectivity index (χ1v) is 4.64. The number of carbonyl (C=O) groups excluding carboxylic acids is 2. The van der Waals surface area contributed by atoms with Gasteiger partial charge in [0.2, 0.25) is 5.78 Å². The predicted octanol–water partition coefficient (Wildman–Crippen LogP) is -0.728. The second-order valence-corrected chi connectivity index (χ2v) is 3.45. The second-order valence-electron chi connectivity index (χ2n) is 3.45. The van der Waals surface area contributed by atoms with Gasteiger partial charge in [-0.05, 0) is 19.8 Å². The van der Waals surface area contributed by atoms with Crippen LogP contribution in [0.15, 0.2) is 0 Å². The highest BCUT2D eigenvalue weighted by atomic mass is 16.4. The van der Waals surface area contributed by atoms with Gasteiger partial charge in [-0.3, -0.25) is 14.4 Å². The molecule has 0 saturated carbocycles. The zero-order chi connectivity index (χ0) is 12.0. The van der Waals surface area contributed by atoms with Crippen LogP contribution in [0.2, 0.25) is 0 Å². The molecular weight excluding hydrogens is 200 g/mol. The van der Waals surface area contributed by atoms with Gasteiger partial charge in [0, 0.05) is 13.0 Å². The Hall–Kier alpha value is -1.43. The van der Waals surface area contributed by atoms with Crippen molar-refractivity contribution in [3.63, 3.8) is 0 Å². The molecule has 0 aromatic carbocycles. The number of aliphatic carboxylic acids is 1. The minimum Gasteiger partial charge on any atom is -0.480 e. The summed E-state index contributed by atoms with van der Waals surface area (Å²) in [6.07, 6.45) is 0.682. The first-order chi connectivity index (χ1) is 6.84. The Morgan fingerprint density at radius 1 is 1.33 bits per heavy atom. The molecule has 6 nitrogen and oxygen atoms in total. The molecule has 6 heteroatoms. The van der Waals surface area contributed by atoms with E-state index in [1.165, 1.54) is 6.92 Å². The van der Waals surface area contributed by atoms with E-state index in [2.05, 4.69) is 5.32 Å². The van der Waals surface area contributed by atoms with Crippen molar-refractivity contribution in [3.05, 3.63) is 0 Å². The molecule has 0 fully saturated rings. The average molecular weight is 216 g/mol. The van der Waals surface area contributed by atoms with Gasteiger partial charge in [0.1, 0.15) is 6.04 Å². The Kier molecular flexibility index (Phi) is 5.54. The smallest absolute Gasteiger partial charge is 0.320 e. The van der Waals surface area contributed by atoms with E-state index >= 15 is 0 Å². The number of carbonyl (C=O) groups is 3. The number of amides is 1. The number of nitrogens with one attached hydrogen (secondary N) is 1. The number of ketones is 1. The van der Waals surface area contributed by atoms with Crippen molar-refractivity contribution in [2.45, 2.75) is 38.8 Å². The summed E-state index contributed by atoms with van der Waals surface area (Å²) in [4.78, 5) is 31.9. The van der Waals surface area contributed by atoms with Gasteiger partial charge in [-0.15, -0.1) is 0 Å². The van der Waals surface area contributed by atoms with Crippen LogP contribution in [-0.4, -0.2) is 34.8 Å². The minimum atomic E-state index is -1.07. The molecule has 0 aliphatic rings. The van der Waals surface area contributed by atoms with Crippen molar-refractivity contribution in [2.24, 2.45) is 5.73 Å². The maximum Gasteiger partial charge on any atom is 0.320 e. The van der Waals surface area contributed by atoms with Crippen molar-refractivity contribution in [1.82, 2.24) is 5.32 Å². The van der Waals surface area contributed by atoms with Gasteiger partial charge in [0.05, 0.1) is 0 Å². The molecule has 0 heterocycles. The molecule has 0 rings (SSSR count). The molecule has 0 spiro atoms. The molecule has 0 radical (unpaired) electrons. The van der Waals surface area contributed by atoms with Crippen LogP contribution in [0.4, 0.5) is 0 Å². The zero-order valence-corrected chi connectivity index (χ0v) is 8.82. The first-order valence-electron chi connectivity index (χ1n) is 4.64. The summed E-state index contributed by atoms with van der Waals surface area (Å²) in [5.41, 5.74) is 5.28. The van der Waals surface area contributed by atoms with Crippen LogP contribution in [0.25, 0.3) is 0 Å². The van der Waals surface area contributed by atoms with Crippen molar-refractivity contribution < 1.29 is 19.5 Å². The summed E-state index contributed by atoms with van der Waals surface area (Å²) in [6, 6.07) is -1.19. The van der Waals surface area contributed by atoms with Crippen LogP contribution in [0, 0.1) is 0 Å². The molecule has 86 valence electrons. The van der Waals surface area contributed by atoms with E-state index in [-0.39, 0.29) is 12.5 Å². The third-order valence-electron chi connectivity index (χ3n) is 1.93. The van der Waals surface area contributed by atoms with Gasteiger partial charge >= 0.3 is 5.97 Å². The van der Waals surface area contributed by atoms with E-state index in [1.54, 1.807) is 6.92 Å². The van der Waals surface area contributed by atoms with E-state index in [9.17, 15) is 14.4 Å². The molecule has 4 N–H and O–H groups in total. The van der Waals surface area contributed by atoms with Gasteiger partial charge < -0.3 is 16.2 Å². The lowest BCUT2D eigenvalue weighted by molar-refractivity contribution is -0.138. The quantitative estimate of drug-likeness (QED) is 0.507. The number of carboxylic acids is 1. The Morgan fingerprint density at radius 3 is 2.27 bits per heavy atom. The number of Topliss-reactive ketones (excluding diaryl/α,β-unsaturated/α-hetero) is 1. The van der Waals surface area contributed by atoms with E-state index in [0.717, 1.165) is 0 Å². The third-order valence-corrected chi connectivity index (χ3v) is 1.93. The molecule has 0 bridgehead atoms. The molecule has 0 aromatic rings. The highest BCUT2D eigenvalue weighted by Crippen LogP contribution is 1.99. The van der Waals surface area contributed by atoms with E-state index in [1.807, 2.05) is 0 Å². The lowest BCUT2D eigenvalue weighted by Crippen LogP contribution is -2.38. The number of nitrogens with two attached hydrogens (primary N) is 1. The van der Waals surface area contributed by atoms with Crippen LogP contribution in [-0.2, 0) is 14.4 Å². The Morgan fingerprint density at radius 2 is 1.87 bits per heavy atom. The van der Waals surface area contributed by atoms with Crippen molar-refractivity contribution >= 4 is 17.7 Å². The van der Waals surface area contributed by atoms with Crippen LogP contribution in [0.1, 0.15) is 26.7 Å². The van der Waals surface area contributed by atoms with Crippen molar-refractivity contribution in [3.8, 4) is 0 Å². The summed E-state index contributed by atoms with van der Waals surface area (Å²) < 4.78 is 0. The topological polar surface area (TPSA) is 109 Å². The lowest BCUT2D eigenvalue weighted by Gasteiger charge is -2.13. The Labute approximate surface area is 87.8 Å². The van der Waals surface area contributed by atoms with E-state index < -0.39 is 23.7 Å². The maximum absolute atomic E-state index is 10.9. The van der Waals surface area contributed by atoms with Gasteiger partial charge in [-0.1, -0.05) is 0 Å². The highest BCUT2D eigenvalue weighted by Gasteiger charge is 2.15. The second kappa shape index (κ2) is 6.13. The molecule has 15 heavy (non-hydrogen) atoms. The summed E-state index contributed by atoms with van der Waals surface area (Å²) in [7, 11) is 0. The predicted molar refractivity (Wildman–Crippen MR) is 53.1 cm³/mol. The highest BCUT2D eigenvalue weighted by molar-refractivity contribution is 6.35. The number of hydrogen-bond donors (Lipinski definition) is 3. The number of carboxylic acid groups (broad SMARTS) is 1. The molecule has 0 saturated heterocycles. The minimum absolute atomic E-state index is 0.258. The molecule has 0 aromatic heterocycles. The van der Waals surface area contributed by atoms with Gasteiger partial charge in [-0.25, -0.2) is 0 Å². The Bertz CT molecular complexity index is 265. The van der Waals surface area contributed by atoms with Crippen LogP contribution in [0.3, 0.4) is 0 Å². The summed E-state index contributed by atoms with van der Waals surface area (Å²) in [5, 5.41) is 10.9. The van der Waals surface area contributed by atoms with E-state index in [4.69, 9.17) is 10.8 Å². The molecule has 0 aliphatic heterocycles. The van der Waals surface area contributed by atoms with E-state index in [0.29, 0.717) is 6.42 Å². The standard InChI is InChI=1S/C9H16N2O4/c1-5(11-8(13)6(2)12)3-4-7(10)9(14)15/h5,7H,3-4,10H2,1-2H3,(H,11,13)(H,14,15). The molecular formula is C9H16N2O4. The Balaban J connectivity index is 3.85. The zero-order valence-electron chi connectivity index (χ0n) is 8.82. The van der Waals surface area contributed by atoms with Crippen LogP contribution >= 0.6 is 0 Å². The maximum atomic E-state index is 10.9. The number of rotatable bonds is 6.